The van der Waals surface area contributed by atoms with Crippen LogP contribution in [-0.4, -0.2) is 17.3 Å². The summed E-state index contributed by atoms with van der Waals surface area (Å²) in [5, 5.41) is 9.42. The molecule has 0 aliphatic heterocycles. The Balaban J connectivity index is 1.18. The minimum atomic E-state index is 0.984. The SMILES string of the molecule is C/C(=N/N(C)c1ccc(C=C2c3ccccc3-c3ccccc32)cc1)c1ccc2c(c1)c1ccccc1n2C. The Labute approximate surface area is 229 Å². The molecule has 3 nitrogen and oxygen atoms in total. The summed E-state index contributed by atoms with van der Waals surface area (Å²) in [6, 6.07) is 41.2. The quantitative estimate of drug-likeness (QED) is 0.174. The van der Waals surface area contributed by atoms with Crippen molar-refractivity contribution in [1.82, 2.24) is 4.57 Å². The predicted octanol–water partition coefficient (Wildman–Crippen LogP) is 8.76. The molecule has 1 aromatic heterocycles. The Bertz CT molecular complexity index is 1890. The fourth-order valence-electron chi connectivity index (χ4n) is 5.89. The highest BCUT2D eigenvalue weighted by Gasteiger charge is 2.22. The molecule has 0 saturated carbocycles. The van der Waals surface area contributed by atoms with Gasteiger partial charge in [0, 0.05) is 35.9 Å². The molecule has 1 aliphatic carbocycles. The standard InChI is InChI=1S/C36H29N3/c1-24(26-18-21-36-34(23-26)32-14-8-9-15-35(32)38(36)2)37-39(3)27-19-16-25(17-20-27)22-33-30-12-6-4-10-28(30)29-11-5-7-13-31(29)33/h4-23H,1-3H3/b37-24-. The molecule has 0 bridgehead atoms. The molecule has 5 aromatic carbocycles. The molecule has 0 atom stereocenters. The number of hydrazone groups is 1. The van der Waals surface area contributed by atoms with E-state index in [1.807, 2.05) is 12.1 Å². The molecule has 1 aliphatic rings. The maximum Gasteiger partial charge on any atom is 0.0651 e. The van der Waals surface area contributed by atoms with Crippen molar-refractivity contribution in [3.05, 3.63) is 138 Å². The van der Waals surface area contributed by atoms with Crippen molar-refractivity contribution < 1.29 is 0 Å². The second-order valence-electron chi connectivity index (χ2n) is 10.3. The molecule has 0 fully saturated rings. The highest BCUT2D eigenvalue weighted by atomic mass is 15.4. The minimum absolute atomic E-state index is 0.984. The number of aromatic nitrogens is 1. The van der Waals surface area contributed by atoms with Crippen LogP contribution in [-0.2, 0) is 7.05 Å². The van der Waals surface area contributed by atoms with E-state index in [9.17, 15) is 0 Å². The van der Waals surface area contributed by atoms with E-state index in [4.69, 9.17) is 5.10 Å². The van der Waals surface area contributed by atoms with Crippen molar-refractivity contribution in [3.8, 4) is 11.1 Å². The van der Waals surface area contributed by atoms with Crippen LogP contribution >= 0.6 is 0 Å². The van der Waals surface area contributed by atoms with Gasteiger partial charge in [-0.05, 0) is 82.3 Å². The van der Waals surface area contributed by atoms with Gasteiger partial charge >= 0.3 is 0 Å². The van der Waals surface area contributed by atoms with Crippen LogP contribution in [0.2, 0.25) is 0 Å². The van der Waals surface area contributed by atoms with Crippen molar-refractivity contribution in [2.45, 2.75) is 6.92 Å². The maximum absolute atomic E-state index is 4.93. The first-order chi connectivity index (χ1) is 19.1. The summed E-state index contributed by atoms with van der Waals surface area (Å²) < 4.78 is 2.26. The molecule has 7 rings (SSSR count). The zero-order valence-electron chi connectivity index (χ0n) is 22.4. The highest BCUT2D eigenvalue weighted by Crippen LogP contribution is 2.44. The molecule has 0 amide bonds. The monoisotopic (exact) mass is 503 g/mol. The Hall–Kier alpha value is -4.89. The van der Waals surface area contributed by atoms with Crippen LogP contribution in [0.15, 0.2) is 120 Å². The molecule has 188 valence electrons. The van der Waals surface area contributed by atoms with Gasteiger partial charge in [-0.3, -0.25) is 5.01 Å². The first-order valence-corrected chi connectivity index (χ1v) is 13.4. The van der Waals surface area contributed by atoms with E-state index in [1.54, 1.807) is 0 Å². The van der Waals surface area contributed by atoms with Crippen molar-refractivity contribution in [2.75, 3.05) is 12.1 Å². The summed E-state index contributed by atoms with van der Waals surface area (Å²) in [4.78, 5) is 0. The van der Waals surface area contributed by atoms with E-state index >= 15 is 0 Å². The number of fused-ring (bicyclic) bond motifs is 6. The van der Waals surface area contributed by atoms with E-state index in [0.717, 1.165) is 17.0 Å². The summed E-state index contributed by atoms with van der Waals surface area (Å²) >= 11 is 0. The van der Waals surface area contributed by atoms with E-state index in [1.165, 1.54) is 55.2 Å². The fourth-order valence-corrected chi connectivity index (χ4v) is 5.89. The Morgan fingerprint density at radius 3 is 1.95 bits per heavy atom. The fraction of sp³-hybridized carbons (Fsp3) is 0.0833. The van der Waals surface area contributed by atoms with Gasteiger partial charge in [0.1, 0.15) is 0 Å². The van der Waals surface area contributed by atoms with Crippen LogP contribution in [0.4, 0.5) is 5.69 Å². The third-order valence-corrected chi connectivity index (χ3v) is 7.93. The molecule has 6 aromatic rings. The molecule has 0 unspecified atom stereocenters. The van der Waals surface area contributed by atoms with Crippen molar-refractivity contribution in [2.24, 2.45) is 12.1 Å². The third kappa shape index (κ3) is 3.86. The number of benzene rings is 5. The number of aryl methyl sites for hydroxylation is 1. The largest absolute Gasteiger partial charge is 0.344 e. The van der Waals surface area contributed by atoms with Gasteiger partial charge in [0.15, 0.2) is 0 Å². The average Bonchev–Trinajstić information content (AvgIpc) is 3.45. The second-order valence-corrected chi connectivity index (χ2v) is 10.3. The predicted molar refractivity (Wildman–Crippen MR) is 166 cm³/mol. The maximum atomic E-state index is 4.93. The van der Waals surface area contributed by atoms with Gasteiger partial charge in [0.2, 0.25) is 0 Å². The third-order valence-electron chi connectivity index (χ3n) is 7.93. The summed E-state index contributed by atoms with van der Waals surface area (Å²) in [5.74, 6) is 0. The summed E-state index contributed by atoms with van der Waals surface area (Å²) in [5.41, 5.74) is 13.3. The topological polar surface area (TPSA) is 20.5 Å². The normalized spacial score (nSPS) is 12.6. The van der Waals surface area contributed by atoms with Gasteiger partial charge in [0.05, 0.1) is 11.4 Å². The van der Waals surface area contributed by atoms with Gasteiger partial charge < -0.3 is 4.57 Å². The molecule has 39 heavy (non-hydrogen) atoms. The van der Waals surface area contributed by atoms with E-state index < -0.39 is 0 Å². The molecule has 0 saturated heterocycles. The van der Waals surface area contributed by atoms with Crippen LogP contribution in [0.1, 0.15) is 29.2 Å². The lowest BCUT2D eigenvalue weighted by atomic mass is 10.0. The van der Waals surface area contributed by atoms with Gasteiger partial charge in [-0.15, -0.1) is 0 Å². The highest BCUT2D eigenvalue weighted by molar-refractivity contribution is 6.11. The second kappa shape index (κ2) is 9.14. The zero-order chi connectivity index (χ0) is 26.5. The van der Waals surface area contributed by atoms with E-state index in [0.29, 0.717) is 0 Å². The zero-order valence-corrected chi connectivity index (χ0v) is 22.4. The number of nitrogens with zero attached hydrogens (tertiary/aromatic N) is 3. The minimum Gasteiger partial charge on any atom is -0.344 e. The van der Waals surface area contributed by atoms with Crippen molar-refractivity contribution in [3.63, 3.8) is 0 Å². The smallest absolute Gasteiger partial charge is 0.0651 e. The lowest BCUT2D eigenvalue weighted by Gasteiger charge is -2.15. The van der Waals surface area contributed by atoms with Gasteiger partial charge in [-0.1, -0.05) is 84.9 Å². The number of anilines is 1. The first kappa shape index (κ1) is 23.2. The van der Waals surface area contributed by atoms with Crippen molar-refractivity contribution >= 4 is 44.9 Å². The molecule has 1 heterocycles. The van der Waals surface area contributed by atoms with Crippen LogP contribution in [0, 0.1) is 0 Å². The van der Waals surface area contributed by atoms with Crippen LogP contribution < -0.4 is 5.01 Å². The Morgan fingerprint density at radius 1 is 0.667 bits per heavy atom. The molecule has 0 radical (unpaired) electrons. The van der Waals surface area contributed by atoms with E-state index in [2.05, 4.69) is 140 Å². The Kier molecular flexibility index (Phi) is 5.45. The van der Waals surface area contributed by atoms with Crippen molar-refractivity contribution in [1.29, 1.82) is 0 Å². The number of hydrogen-bond donors (Lipinski definition) is 0. The molecule has 0 spiro atoms. The summed E-state index contributed by atoms with van der Waals surface area (Å²) in [6.07, 6.45) is 2.29. The summed E-state index contributed by atoms with van der Waals surface area (Å²) in [6.45, 7) is 2.08. The first-order valence-electron chi connectivity index (χ1n) is 13.4. The molecule has 0 N–H and O–H groups in total. The number of para-hydroxylation sites is 1. The van der Waals surface area contributed by atoms with Crippen LogP contribution in [0.5, 0.6) is 0 Å². The Morgan fingerprint density at radius 2 is 1.26 bits per heavy atom. The lowest BCUT2D eigenvalue weighted by molar-refractivity contribution is 1.01. The molecule has 3 heteroatoms. The summed E-state index contributed by atoms with van der Waals surface area (Å²) in [7, 11) is 4.14. The van der Waals surface area contributed by atoms with Gasteiger partial charge in [-0.25, -0.2) is 0 Å². The number of hydrogen-bond acceptors (Lipinski definition) is 2. The van der Waals surface area contributed by atoms with Crippen LogP contribution in [0.25, 0.3) is 44.6 Å². The van der Waals surface area contributed by atoms with E-state index in [-0.39, 0.29) is 0 Å². The number of rotatable bonds is 4. The molecular formula is C36H29N3. The lowest BCUT2D eigenvalue weighted by Crippen LogP contribution is -2.12. The van der Waals surface area contributed by atoms with Crippen LogP contribution in [0.3, 0.4) is 0 Å². The van der Waals surface area contributed by atoms with Gasteiger partial charge in [-0.2, -0.15) is 5.10 Å². The van der Waals surface area contributed by atoms with Gasteiger partial charge in [0.25, 0.3) is 0 Å². The molecular weight excluding hydrogens is 474 g/mol. The average molecular weight is 504 g/mol.